The average Bonchev–Trinajstić information content (AvgIpc) is 2.66. The van der Waals surface area contributed by atoms with Crippen LogP contribution in [0.25, 0.3) is 0 Å². The van der Waals surface area contributed by atoms with Gasteiger partial charge in [-0.2, -0.15) is 4.73 Å². The molecule has 0 aliphatic heterocycles. The average molecular weight is 377 g/mol. The van der Waals surface area contributed by atoms with Crippen molar-refractivity contribution in [3.63, 3.8) is 0 Å². The number of amides is 1. The summed E-state index contributed by atoms with van der Waals surface area (Å²) in [6, 6.07) is 9.98. The fourth-order valence-electron chi connectivity index (χ4n) is 2.34. The summed E-state index contributed by atoms with van der Waals surface area (Å²) in [7, 11) is 0. The van der Waals surface area contributed by atoms with Gasteiger partial charge in [0.2, 0.25) is 0 Å². The molecule has 0 radical (unpaired) electrons. The van der Waals surface area contributed by atoms with E-state index in [1.807, 2.05) is 18.2 Å². The molecule has 10 nitrogen and oxygen atoms in total. The lowest BCUT2D eigenvalue weighted by molar-refractivity contribution is -0.606. The topological polar surface area (TPSA) is 149 Å². The number of hydrogen-bond acceptors (Lipinski definition) is 7. The van der Waals surface area contributed by atoms with E-state index in [2.05, 4.69) is 5.32 Å². The third-order valence-corrected chi connectivity index (χ3v) is 3.74. The maximum atomic E-state index is 11.6. The van der Waals surface area contributed by atoms with Crippen LogP contribution in [0.5, 0.6) is 0 Å². The first-order chi connectivity index (χ1) is 12.9. The first kappa shape index (κ1) is 20.1. The Balaban J connectivity index is 1.83. The minimum Gasteiger partial charge on any atom is -0.619 e. The Bertz CT molecular complexity index is 785. The summed E-state index contributed by atoms with van der Waals surface area (Å²) in [5.41, 5.74) is 0.0194. The maximum Gasteiger partial charge on any atom is 0.407 e. The molecule has 2 rings (SSSR count). The first-order valence-electron chi connectivity index (χ1n) is 8.06. The van der Waals surface area contributed by atoms with Crippen molar-refractivity contribution in [2.45, 2.75) is 25.2 Å². The minimum absolute atomic E-state index is 0.0378. The number of ether oxygens (including phenoxy) is 1. The van der Waals surface area contributed by atoms with E-state index in [9.17, 15) is 30.3 Å². The van der Waals surface area contributed by atoms with Crippen molar-refractivity contribution in [2.75, 3.05) is 6.54 Å². The lowest BCUT2D eigenvalue weighted by Gasteiger charge is -2.17. The minimum atomic E-state index is -1.66. The van der Waals surface area contributed by atoms with Gasteiger partial charge in [-0.3, -0.25) is 10.1 Å². The number of aliphatic hydroxyl groups excluding tert-OH is 2. The molecule has 0 bridgehead atoms. The zero-order chi connectivity index (χ0) is 19.8. The molecule has 0 saturated carbocycles. The summed E-state index contributed by atoms with van der Waals surface area (Å²) in [6.07, 6.45) is -2.15. The summed E-state index contributed by atoms with van der Waals surface area (Å²) in [4.78, 5) is 21.8. The highest BCUT2D eigenvalue weighted by Crippen LogP contribution is 2.26. The third-order valence-electron chi connectivity index (χ3n) is 3.74. The number of benzene rings is 1. The smallest absolute Gasteiger partial charge is 0.407 e. The molecule has 1 heterocycles. The summed E-state index contributed by atoms with van der Waals surface area (Å²) in [5, 5.41) is 44.8. The molecule has 2 aromatic rings. The van der Waals surface area contributed by atoms with Crippen LogP contribution in [0.4, 0.5) is 10.5 Å². The van der Waals surface area contributed by atoms with Crippen LogP contribution in [0.15, 0.2) is 48.8 Å². The Kier molecular flexibility index (Phi) is 7.03. The molecule has 0 fully saturated rings. The van der Waals surface area contributed by atoms with E-state index in [0.29, 0.717) is 0 Å². The van der Waals surface area contributed by atoms with E-state index in [1.54, 1.807) is 12.1 Å². The highest BCUT2D eigenvalue weighted by Gasteiger charge is 2.29. The quantitative estimate of drug-likeness (QED) is 0.268. The van der Waals surface area contributed by atoms with E-state index in [4.69, 9.17) is 4.74 Å². The number of nitrogens with zero attached hydrogens (tertiary/aromatic N) is 2. The predicted octanol–water partition coefficient (Wildman–Crippen LogP) is 0.939. The number of nitrogens with one attached hydrogen (secondary N) is 1. The highest BCUT2D eigenvalue weighted by atomic mass is 16.6. The van der Waals surface area contributed by atoms with Gasteiger partial charge in [-0.15, -0.1) is 0 Å². The molecule has 27 heavy (non-hydrogen) atoms. The normalized spacial score (nSPS) is 12.8. The van der Waals surface area contributed by atoms with E-state index in [-0.39, 0.29) is 29.9 Å². The number of alkyl carbamates (subject to hydrolysis) is 1. The van der Waals surface area contributed by atoms with Crippen molar-refractivity contribution in [2.24, 2.45) is 0 Å². The standard InChI is InChI=1S/C17H19N3O7/c21-15(16(22)13-10-19(24)9-7-14(13)20(25)26)6-8-18-17(23)27-11-12-4-2-1-3-5-12/h1-5,7,9-10,15-16,21-22H,6,8,11H2,(H,18,23). The molecule has 2 atom stereocenters. The van der Waals surface area contributed by atoms with Crippen LogP contribution in [0.3, 0.4) is 0 Å². The number of aliphatic hydroxyl groups is 2. The van der Waals surface area contributed by atoms with Crippen LogP contribution in [0.1, 0.15) is 23.7 Å². The molecule has 2 unspecified atom stereocenters. The van der Waals surface area contributed by atoms with Gasteiger partial charge < -0.3 is 25.5 Å². The molecule has 0 aliphatic carbocycles. The number of carbonyl (C=O) groups is 1. The van der Waals surface area contributed by atoms with Gasteiger partial charge >= 0.3 is 6.09 Å². The van der Waals surface area contributed by atoms with Crippen LogP contribution in [-0.2, 0) is 11.3 Å². The number of carbonyl (C=O) groups excluding carboxylic acids is 1. The zero-order valence-corrected chi connectivity index (χ0v) is 14.2. The number of hydrogen-bond donors (Lipinski definition) is 3. The molecule has 0 saturated heterocycles. The molecule has 1 aromatic carbocycles. The van der Waals surface area contributed by atoms with E-state index >= 15 is 0 Å². The second-order valence-corrected chi connectivity index (χ2v) is 5.69. The fourth-order valence-corrected chi connectivity index (χ4v) is 2.34. The lowest BCUT2D eigenvalue weighted by atomic mass is 10.0. The fraction of sp³-hybridized carbons (Fsp3) is 0.294. The Morgan fingerprint density at radius 2 is 1.96 bits per heavy atom. The summed E-state index contributed by atoms with van der Waals surface area (Å²) >= 11 is 0. The van der Waals surface area contributed by atoms with Gasteiger partial charge in [-0.05, 0) is 12.0 Å². The van der Waals surface area contributed by atoms with E-state index < -0.39 is 28.9 Å². The molecule has 10 heteroatoms. The van der Waals surface area contributed by atoms with Crippen LogP contribution < -0.4 is 10.0 Å². The van der Waals surface area contributed by atoms with Crippen LogP contribution in [0, 0.1) is 15.3 Å². The molecule has 1 aromatic heterocycles. The van der Waals surface area contributed by atoms with E-state index in [1.165, 1.54) is 0 Å². The summed E-state index contributed by atoms with van der Waals surface area (Å²) < 4.78 is 5.28. The van der Waals surface area contributed by atoms with Gasteiger partial charge in [0.1, 0.15) is 18.3 Å². The monoisotopic (exact) mass is 377 g/mol. The summed E-state index contributed by atoms with van der Waals surface area (Å²) in [5.74, 6) is 0. The largest absolute Gasteiger partial charge is 0.619 e. The van der Waals surface area contributed by atoms with Crippen molar-refractivity contribution in [1.82, 2.24) is 5.32 Å². The predicted molar refractivity (Wildman–Crippen MR) is 92.3 cm³/mol. The molecular weight excluding hydrogens is 358 g/mol. The van der Waals surface area contributed by atoms with Gasteiger partial charge in [-0.1, -0.05) is 30.3 Å². The van der Waals surface area contributed by atoms with Crippen molar-refractivity contribution >= 4 is 11.8 Å². The molecule has 0 spiro atoms. The third kappa shape index (κ3) is 5.90. The Hall–Kier alpha value is -3.24. The van der Waals surface area contributed by atoms with Gasteiger partial charge in [-0.25, -0.2) is 4.79 Å². The SMILES string of the molecule is O=C(NCCC(O)C(O)c1c[n+]([O-])ccc1[N+](=O)[O-])OCc1ccccc1. The number of pyridine rings is 1. The molecule has 0 aliphatic rings. The maximum absolute atomic E-state index is 11.6. The second kappa shape index (κ2) is 9.46. The van der Waals surface area contributed by atoms with Crippen molar-refractivity contribution < 1.29 is 29.4 Å². The number of aromatic nitrogens is 1. The number of rotatable bonds is 8. The van der Waals surface area contributed by atoms with Crippen molar-refractivity contribution in [3.8, 4) is 0 Å². The molecule has 3 N–H and O–H groups in total. The summed E-state index contributed by atoms with van der Waals surface area (Å²) in [6.45, 7) is 0.0431. The first-order valence-corrected chi connectivity index (χ1v) is 8.06. The van der Waals surface area contributed by atoms with Crippen LogP contribution in [0.2, 0.25) is 0 Å². The molecule has 1 amide bonds. The molecule has 144 valence electrons. The van der Waals surface area contributed by atoms with Crippen molar-refractivity contribution in [3.05, 3.63) is 75.2 Å². The Morgan fingerprint density at radius 1 is 1.26 bits per heavy atom. The second-order valence-electron chi connectivity index (χ2n) is 5.69. The van der Waals surface area contributed by atoms with Gasteiger partial charge in [0.05, 0.1) is 17.1 Å². The van der Waals surface area contributed by atoms with Crippen LogP contribution in [-0.4, -0.2) is 33.9 Å². The number of nitro groups is 1. The zero-order valence-electron chi connectivity index (χ0n) is 14.2. The van der Waals surface area contributed by atoms with Gasteiger partial charge in [0.15, 0.2) is 12.4 Å². The van der Waals surface area contributed by atoms with E-state index in [0.717, 1.165) is 24.0 Å². The van der Waals surface area contributed by atoms with Crippen molar-refractivity contribution in [1.29, 1.82) is 0 Å². The van der Waals surface area contributed by atoms with Gasteiger partial charge in [0.25, 0.3) is 5.69 Å². The van der Waals surface area contributed by atoms with Gasteiger partial charge in [0, 0.05) is 6.54 Å². The highest BCUT2D eigenvalue weighted by molar-refractivity contribution is 5.67. The Morgan fingerprint density at radius 3 is 2.63 bits per heavy atom. The van der Waals surface area contributed by atoms with Crippen LogP contribution >= 0.6 is 0 Å². The molecular formula is C17H19N3O7. The lowest BCUT2D eigenvalue weighted by Crippen LogP contribution is -2.31. The Labute approximate surface area is 154 Å².